The Kier molecular flexibility index (Phi) is 9.80. The van der Waals surface area contributed by atoms with Crippen molar-refractivity contribution in [3.05, 3.63) is 255 Å². The Balaban J connectivity index is 1.20. The summed E-state index contributed by atoms with van der Waals surface area (Å²) in [5.41, 5.74) is 14.8. The van der Waals surface area contributed by atoms with Crippen LogP contribution >= 0.6 is 0 Å². The Hall–Kier alpha value is -9.25. The number of hydrogen-bond donors (Lipinski definition) is 0. The van der Waals surface area contributed by atoms with Crippen molar-refractivity contribution in [2.75, 3.05) is 0 Å². The molecule has 0 unspecified atom stereocenters. The molecule has 0 radical (unpaired) electrons. The second-order valence-corrected chi connectivity index (χ2v) is 17.5. The lowest BCUT2D eigenvalue weighted by molar-refractivity contribution is 1.07. The first-order chi connectivity index (χ1) is 34.2. The van der Waals surface area contributed by atoms with E-state index in [1.807, 2.05) is 24.3 Å². The zero-order valence-electron chi connectivity index (χ0n) is 37.5. The number of aromatic nitrogens is 4. The molecule has 4 nitrogen and oxygen atoms in total. The molecule has 2 heterocycles. The second-order valence-electron chi connectivity index (χ2n) is 17.5. The summed E-state index contributed by atoms with van der Waals surface area (Å²) in [4.78, 5) is 16.2. The highest BCUT2D eigenvalue weighted by molar-refractivity contribution is 6.22. The number of rotatable bonds is 8. The molecule has 0 bridgehead atoms. The van der Waals surface area contributed by atoms with Crippen LogP contribution in [0.25, 0.3) is 128 Å². The molecule has 0 saturated carbocycles. The Morgan fingerprint density at radius 1 is 0.261 bits per heavy atom. The van der Waals surface area contributed by atoms with Gasteiger partial charge >= 0.3 is 0 Å². The van der Waals surface area contributed by atoms with Crippen LogP contribution in [-0.2, 0) is 0 Å². The summed E-state index contributed by atoms with van der Waals surface area (Å²) in [6.45, 7) is 0. The SMILES string of the molecule is c1ccc(-c2ccc(-c3nc(-c4ccccc4)nc(-c4cc(-c5ccccc5)c(-n5c6cc7ccccc7cc6c6ccc7ccccc7c65)c(-c5ccccc5)c4-c4ccccc4)n3)cc2)cc1. The van der Waals surface area contributed by atoms with E-state index in [2.05, 4.69) is 235 Å². The van der Waals surface area contributed by atoms with E-state index in [1.165, 1.54) is 32.3 Å². The van der Waals surface area contributed by atoms with Gasteiger partial charge in [0.1, 0.15) is 0 Å². The van der Waals surface area contributed by atoms with E-state index >= 15 is 0 Å². The first-order valence-electron chi connectivity index (χ1n) is 23.4. The summed E-state index contributed by atoms with van der Waals surface area (Å²) in [6.07, 6.45) is 0. The molecule has 2 aromatic heterocycles. The third-order valence-corrected chi connectivity index (χ3v) is 13.4. The van der Waals surface area contributed by atoms with Crippen LogP contribution in [0.4, 0.5) is 0 Å². The molecule has 0 aliphatic heterocycles. The van der Waals surface area contributed by atoms with Crippen molar-refractivity contribution in [2.24, 2.45) is 0 Å². The molecule has 322 valence electrons. The lowest BCUT2D eigenvalue weighted by atomic mass is 9.84. The Morgan fingerprint density at radius 2 is 0.710 bits per heavy atom. The van der Waals surface area contributed by atoms with Crippen molar-refractivity contribution in [3.63, 3.8) is 0 Å². The van der Waals surface area contributed by atoms with Crippen LogP contribution < -0.4 is 0 Å². The van der Waals surface area contributed by atoms with Gasteiger partial charge in [0.2, 0.25) is 0 Å². The fourth-order valence-corrected chi connectivity index (χ4v) is 10.2. The molecular formula is C65H42N4. The van der Waals surface area contributed by atoms with Crippen molar-refractivity contribution in [1.82, 2.24) is 19.5 Å². The summed E-state index contributed by atoms with van der Waals surface area (Å²) in [6, 6.07) is 90.9. The van der Waals surface area contributed by atoms with E-state index in [9.17, 15) is 0 Å². The van der Waals surface area contributed by atoms with E-state index in [1.54, 1.807) is 0 Å². The van der Waals surface area contributed by atoms with Gasteiger partial charge in [0.25, 0.3) is 0 Å². The molecular weight excluding hydrogens is 837 g/mol. The number of fused-ring (bicyclic) bond motifs is 6. The van der Waals surface area contributed by atoms with Crippen LogP contribution in [0.2, 0.25) is 0 Å². The average Bonchev–Trinajstić information content (AvgIpc) is 3.76. The quantitative estimate of drug-likeness (QED) is 0.153. The van der Waals surface area contributed by atoms with Gasteiger partial charge in [0.15, 0.2) is 17.5 Å². The normalized spacial score (nSPS) is 11.5. The summed E-state index contributed by atoms with van der Waals surface area (Å²) in [5, 5.41) is 7.16. The predicted molar refractivity (Wildman–Crippen MR) is 287 cm³/mol. The van der Waals surface area contributed by atoms with E-state index in [0.717, 1.165) is 77.9 Å². The van der Waals surface area contributed by atoms with Crippen LogP contribution in [-0.4, -0.2) is 19.5 Å². The minimum atomic E-state index is 0.587. The van der Waals surface area contributed by atoms with Crippen molar-refractivity contribution < 1.29 is 0 Å². The molecule has 13 rings (SSSR count). The topological polar surface area (TPSA) is 43.6 Å². The summed E-state index contributed by atoms with van der Waals surface area (Å²) >= 11 is 0. The molecule has 0 fully saturated rings. The highest BCUT2D eigenvalue weighted by Gasteiger charge is 2.29. The standard InChI is InChI=1S/C65H42N4/c1-6-20-43(21-7-1)44-34-36-50(37-35-44)64-66-63(49-29-14-5-15-30-49)67-65(68-64)57-42-55(45-22-8-2-9-23-45)62(60(48-27-12-4-13-28-48)59(57)47-25-10-3-11-26-47)69-58-41-52-32-17-16-31-51(52)40-56(58)54-39-38-46-24-18-19-33-53(46)61(54)69/h1-42H. The van der Waals surface area contributed by atoms with Gasteiger partial charge in [0, 0.05) is 49.5 Å². The second kappa shape index (κ2) is 16.9. The van der Waals surface area contributed by atoms with Gasteiger partial charge in [-0.25, -0.2) is 15.0 Å². The van der Waals surface area contributed by atoms with Gasteiger partial charge in [-0.15, -0.1) is 0 Å². The highest BCUT2D eigenvalue weighted by Crippen LogP contribution is 2.51. The predicted octanol–water partition coefficient (Wildman–Crippen LogP) is 16.9. The first kappa shape index (κ1) is 40.1. The molecule has 0 saturated heterocycles. The highest BCUT2D eigenvalue weighted by atomic mass is 15.0. The number of nitrogens with zero attached hydrogens (tertiary/aromatic N) is 4. The van der Waals surface area contributed by atoms with Crippen LogP contribution in [0, 0.1) is 0 Å². The minimum absolute atomic E-state index is 0.587. The maximum absolute atomic E-state index is 5.50. The molecule has 4 heteroatoms. The zero-order chi connectivity index (χ0) is 45.7. The van der Waals surface area contributed by atoms with Crippen molar-refractivity contribution >= 4 is 43.4 Å². The molecule has 13 aromatic rings. The van der Waals surface area contributed by atoms with Gasteiger partial charge < -0.3 is 4.57 Å². The van der Waals surface area contributed by atoms with Gasteiger partial charge in [-0.05, 0) is 62.2 Å². The summed E-state index contributed by atoms with van der Waals surface area (Å²) in [5.74, 6) is 1.79. The van der Waals surface area contributed by atoms with Crippen molar-refractivity contribution in [2.45, 2.75) is 0 Å². The van der Waals surface area contributed by atoms with Crippen LogP contribution in [0.3, 0.4) is 0 Å². The van der Waals surface area contributed by atoms with Crippen LogP contribution in [0.15, 0.2) is 255 Å². The van der Waals surface area contributed by atoms with Crippen LogP contribution in [0.5, 0.6) is 0 Å². The van der Waals surface area contributed by atoms with E-state index in [0.29, 0.717) is 17.5 Å². The van der Waals surface area contributed by atoms with Gasteiger partial charge in [-0.2, -0.15) is 0 Å². The van der Waals surface area contributed by atoms with E-state index < -0.39 is 0 Å². The monoisotopic (exact) mass is 878 g/mol. The third-order valence-electron chi connectivity index (χ3n) is 13.4. The Labute approximate surface area is 400 Å². The molecule has 69 heavy (non-hydrogen) atoms. The first-order valence-corrected chi connectivity index (χ1v) is 23.4. The maximum atomic E-state index is 5.50. The summed E-state index contributed by atoms with van der Waals surface area (Å²) in [7, 11) is 0. The summed E-state index contributed by atoms with van der Waals surface area (Å²) < 4.78 is 2.56. The molecule has 0 atom stereocenters. The molecule has 0 N–H and O–H groups in total. The average molecular weight is 879 g/mol. The lowest BCUT2D eigenvalue weighted by Crippen LogP contribution is -2.07. The van der Waals surface area contributed by atoms with Gasteiger partial charge in [-0.3, -0.25) is 0 Å². The molecule has 0 aliphatic carbocycles. The fourth-order valence-electron chi connectivity index (χ4n) is 10.2. The van der Waals surface area contributed by atoms with Crippen LogP contribution in [0.1, 0.15) is 0 Å². The van der Waals surface area contributed by atoms with Gasteiger partial charge in [0.05, 0.1) is 16.7 Å². The van der Waals surface area contributed by atoms with E-state index in [4.69, 9.17) is 15.0 Å². The minimum Gasteiger partial charge on any atom is -0.307 e. The fraction of sp³-hybridized carbons (Fsp3) is 0. The van der Waals surface area contributed by atoms with E-state index in [-0.39, 0.29) is 0 Å². The van der Waals surface area contributed by atoms with Crippen molar-refractivity contribution in [3.8, 4) is 84.4 Å². The lowest BCUT2D eigenvalue weighted by Gasteiger charge is -2.25. The van der Waals surface area contributed by atoms with Gasteiger partial charge in [-0.1, -0.05) is 237 Å². The molecule has 0 amide bonds. The zero-order valence-corrected chi connectivity index (χ0v) is 37.5. The largest absolute Gasteiger partial charge is 0.307 e. The van der Waals surface area contributed by atoms with Crippen molar-refractivity contribution in [1.29, 1.82) is 0 Å². The maximum Gasteiger partial charge on any atom is 0.164 e. The molecule has 0 spiro atoms. The smallest absolute Gasteiger partial charge is 0.164 e. The number of benzene rings is 11. The number of hydrogen-bond acceptors (Lipinski definition) is 3. The third kappa shape index (κ3) is 7.06. The molecule has 11 aromatic carbocycles. The molecule has 0 aliphatic rings. The Morgan fingerprint density at radius 3 is 1.33 bits per heavy atom. The Bertz CT molecular complexity index is 4020.